The number of nitrogens with one attached hydrogen (secondary N) is 1. The van der Waals surface area contributed by atoms with Crippen LogP contribution in [-0.2, 0) is 6.54 Å². The van der Waals surface area contributed by atoms with Crippen LogP contribution in [0.2, 0.25) is 0 Å². The first-order chi connectivity index (χ1) is 8.69. The van der Waals surface area contributed by atoms with Crippen molar-refractivity contribution in [3.8, 4) is 0 Å². The van der Waals surface area contributed by atoms with Gasteiger partial charge in [0.15, 0.2) is 0 Å². The second-order valence-corrected chi connectivity index (χ2v) is 4.53. The quantitative estimate of drug-likeness (QED) is 0.810. The highest BCUT2D eigenvalue weighted by Gasteiger charge is 2.08. The number of benzene rings is 1. The van der Waals surface area contributed by atoms with Gasteiger partial charge in [0.2, 0.25) is 5.76 Å². The van der Waals surface area contributed by atoms with Gasteiger partial charge in [-0.2, -0.15) is 0 Å². The molecule has 1 aromatic carbocycles. The molecule has 4 nitrogen and oxygen atoms in total. The Hall–Kier alpha value is -1.88. The molecule has 0 bridgehead atoms. The molecule has 94 valence electrons. The standard InChI is InChI=1S/C13H13NO3S/c1-18-11-5-2-9(3-6-11)14-8-10-4-7-12(17-10)13(15)16/h2-7,14H,8H2,1H3,(H,15,16). The normalized spacial score (nSPS) is 10.3. The summed E-state index contributed by atoms with van der Waals surface area (Å²) in [4.78, 5) is 11.8. The summed E-state index contributed by atoms with van der Waals surface area (Å²) in [6, 6.07) is 11.1. The molecule has 0 saturated carbocycles. The third-order valence-corrected chi connectivity index (χ3v) is 3.17. The predicted octanol–water partition coefficient (Wildman–Crippen LogP) is 3.31. The Morgan fingerprint density at radius 3 is 2.56 bits per heavy atom. The number of rotatable bonds is 5. The van der Waals surface area contributed by atoms with Gasteiger partial charge in [-0.25, -0.2) is 4.79 Å². The molecule has 0 atom stereocenters. The van der Waals surface area contributed by atoms with E-state index in [1.54, 1.807) is 17.8 Å². The van der Waals surface area contributed by atoms with E-state index in [-0.39, 0.29) is 5.76 Å². The molecule has 1 aromatic heterocycles. The minimum Gasteiger partial charge on any atom is -0.475 e. The van der Waals surface area contributed by atoms with Gasteiger partial charge in [0.1, 0.15) is 5.76 Å². The lowest BCUT2D eigenvalue weighted by Gasteiger charge is -2.04. The molecule has 2 rings (SSSR count). The second-order valence-electron chi connectivity index (χ2n) is 3.65. The van der Waals surface area contributed by atoms with Crippen LogP contribution in [0.25, 0.3) is 0 Å². The van der Waals surface area contributed by atoms with Gasteiger partial charge in [-0.1, -0.05) is 0 Å². The SMILES string of the molecule is CSc1ccc(NCc2ccc(C(=O)O)o2)cc1. The van der Waals surface area contributed by atoms with E-state index in [9.17, 15) is 4.79 Å². The van der Waals surface area contributed by atoms with Gasteiger partial charge in [-0.3, -0.25) is 0 Å². The molecule has 0 aliphatic rings. The van der Waals surface area contributed by atoms with Gasteiger partial charge in [-0.05, 0) is 42.7 Å². The van der Waals surface area contributed by atoms with Crippen LogP contribution in [0.3, 0.4) is 0 Å². The topological polar surface area (TPSA) is 62.5 Å². The van der Waals surface area contributed by atoms with E-state index >= 15 is 0 Å². The number of hydrogen-bond acceptors (Lipinski definition) is 4. The van der Waals surface area contributed by atoms with Crippen LogP contribution in [0.5, 0.6) is 0 Å². The molecular weight excluding hydrogens is 250 g/mol. The van der Waals surface area contributed by atoms with Crippen molar-refractivity contribution in [1.82, 2.24) is 0 Å². The summed E-state index contributed by atoms with van der Waals surface area (Å²) in [5.41, 5.74) is 0.973. The number of hydrogen-bond donors (Lipinski definition) is 2. The fraction of sp³-hybridized carbons (Fsp3) is 0.154. The molecule has 0 fully saturated rings. The summed E-state index contributed by atoms with van der Waals surface area (Å²) in [6.07, 6.45) is 2.03. The molecule has 0 amide bonds. The fourth-order valence-corrected chi connectivity index (χ4v) is 1.89. The van der Waals surface area contributed by atoms with Crippen molar-refractivity contribution in [2.45, 2.75) is 11.4 Å². The molecular formula is C13H13NO3S. The highest BCUT2D eigenvalue weighted by molar-refractivity contribution is 7.98. The molecule has 2 N–H and O–H groups in total. The van der Waals surface area contributed by atoms with Gasteiger partial charge in [0.05, 0.1) is 6.54 Å². The van der Waals surface area contributed by atoms with Crippen LogP contribution in [0, 0.1) is 0 Å². The number of anilines is 1. The zero-order chi connectivity index (χ0) is 13.0. The van der Waals surface area contributed by atoms with Crippen LogP contribution in [0.4, 0.5) is 5.69 Å². The first kappa shape index (κ1) is 12.6. The number of carboxylic acid groups (broad SMARTS) is 1. The summed E-state index contributed by atoms with van der Waals surface area (Å²) in [6.45, 7) is 0.464. The Kier molecular flexibility index (Phi) is 3.94. The number of thioether (sulfide) groups is 1. The lowest BCUT2D eigenvalue weighted by atomic mass is 10.3. The third-order valence-electron chi connectivity index (χ3n) is 2.43. The molecule has 2 aromatic rings. The first-order valence-electron chi connectivity index (χ1n) is 5.39. The van der Waals surface area contributed by atoms with Crippen molar-refractivity contribution >= 4 is 23.4 Å². The van der Waals surface area contributed by atoms with Gasteiger partial charge in [0, 0.05) is 10.6 Å². The van der Waals surface area contributed by atoms with E-state index in [1.807, 2.05) is 30.5 Å². The number of carbonyl (C=O) groups is 1. The van der Waals surface area contributed by atoms with Gasteiger partial charge >= 0.3 is 5.97 Å². The minimum absolute atomic E-state index is 0.0375. The van der Waals surface area contributed by atoms with Crippen molar-refractivity contribution in [1.29, 1.82) is 0 Å². The van der Waals surface area contributed by atoms with Crippen molar-refractivity contribution in [3.05, 3.63) is 47.9 Å². The number of furan rings is 1. The second kappa shape index (κ2) is 5.64. The predicted molar refractivity (Wildman–Crippen MR) is 71.2 cm³/mol. The van der Waals surface area contributed by atoms with Gasteiger partial charge in [-0.15, -0.1) is 11.8 Å². The maximum atomic E-state index is 10.6. The summed E-state index contributed by atoms with van der Waals surface area (Å²) in [5, 5.41) is 11.9. The summed E-state index contributed by atoms with van der Waals surface area (Å²) >= 11 is 1.69. The van der Waals surface area contributed by atoms with Crippen molar-refractivity contribution in [3.63, 3.8) is 0 Å². The van der Waals surface area contributed by atoms with E-state index in [0.29, 0.717) is 12.3 Å². The highest BCUT2D eigenvalue weighted by atomic mass is 32.2. The Balaban J connectivity index is 1.95. The molecule has 0 aliphatic heterocycles. The Morgan fingerprint density at radius 1 is 1.28 bits per heavy atom. The molecule has 5 heteroatoms. The zero-order valence-electron chi connectivity index (χ0n) is 9.84. The van der Waals surface area contributed by atoms with Crippen LogP contribution >= 0.6 is 11.8 Å². The molecule has 0 saturated heterocycles. The summed E-state index contributed by atoms with van der Waals surface area (Å²) in [7, 11) is 0. The van der Waals surface area contributed by atoms with E-state index in [2.05, 4.69) is 5.32 Å². The van der Waals surface area contributed by atoms with E-state index in [1.165, 1.54) is 11.0 Å². The molecule has 0 radical (unpaired) electrons. The van der Waals surface area contributed by atoms with Crippen LogP contribution in [0.1, 0.15) is 16.3 Å². The molecule has 1 heterocycles. The van der Waals surface area contributed by atoms with Crippen LogP contribution in [-0.4, -0.2) is 17.3 Å². The van der Waals surface area contributed by atoms with E-state index in [4.69, 9.17) is 9.52 Å². The van der Waals surface area contributed by atoms with E-state index < -0.39 is 5.97 Å². The van der Waals surface area contributed by atoms with E-state index in [0.717, 1.165) is 5.69 Å². The zero-order valence-corrected chi connectivity index (χ0v) is 10.7. The average Bonchev–Trinajstić information content (AvgIpc) is 2.86. The Labute approximate surface area is 109 Å². The largest absolute Gasteiger partial charge is 0.475 e. The van der Waals surface area contributed by atoms with Crippen molar-refractivity contribution in [2.75, 3.05) is 11.6 Å². The minimum atomic E-state index is -1.05. The monoisotopic (exact) mass is 263 g/mol. The van der Waals surface area contributed by atoms with Gasteiger partial charge in [0.25, 0.3) is 0 Å². The Morgan fingerprint density at radius 2 is 2.00 bits per heavy atom. The average molecular weight is 263 g/mol. The smallest absolute Gasteiger partial charge is 0.371 e. The Bertz CT molecular complexity index is 533. The molecule has 0 unspecified atom stereocenters. The number of carboxylic acids is 1. The van der Waals surface area contributed by atoms with Crippen LogP contribution in [0.15, 0.2) is 45.7 Å². The maximum absolute atomic E-state index is 10.6. The molecule has 0 aliphatic carbocycles. The molecule has 0 spiro atoms. The first-order valence-corrected chi connectivity index (χ1v) is 6.61. The summed E-state index contributed by atoms with van der Waals surface area (Å²) in [5.74, 6) is -0.489. The van der Waals surface area contributed by atoms with Gasteiger partial charge < -0.3 is 14.8 Å². The number of aromatic carboxylic acids is 1. The lowest BCUT2D eigenvalue weighted by Crippen LogP contribution is -1.98. The molecule has 18 heavy (non-hydrogen) atoms. The maximum Gasteiger partial charge on any atom is 0.371 e. The van der Waals surface area contributed by atoms with Crippen LogP contribution < -0.4 is 5.32 Å². The lowest BCUT2D eigenvalue weighted by molar-refractivity contribution is 0.0660. The van der Waals surface area contributed by atoms with Crippen molar-refractivity contribution < 1.29 is 14.3 Å². The third kappa shape index (κ3) is 3.07. The van der Waals surface area contributed by atoms with Crippen molar-refractivity contribution in [2.24, 2.45) is 0 Å². The summed E-state index contributed by atoms with van der Waals surface area (Å²) < 4.78 is 5.15. The fourth-order valence-electron chi connectivity index (χ4n) is 1.49. The highest BCUT2D eigenvalue weighted by Crippen LogP contribution is 2.18.